The van der Waals surface area contributed by atoms with E-state index in [9.17, 15) is 13.2 Å². The zero-order valence-corrected chi connectivity index (χ0v) is 8.67. The first-order chi connectivity index (χ1) is 6.16. The molecule has 1 aromatic carbocycles. The minimum atomic E-state index is -2.41. The van der Waals surface area contributed by atoms with E-state index in [-0.39, 0.29) is 29.3 Å². The van der Waals surface area contributed by atoms with Gasteiger partial charge in [0.05, 0.1) is 7.11 Å². The van der Waals surface area contributed by atoms with Crippen LogP contribution in [0, 0.1) is 0 Å². The Morgan fingerprint density at radius 1 is 1.29 bits per heavy atom. The summed E-state index contributed by atoms with van der Waals surface area (Å²) in [5.41, 5.74) is 0.0540. The van der Waals surface area contributed by atoms with Gasteiger partial charge in [0.25, 0.3) is 0 Å². The number of hydrogen-bond donors (Lipinski definition) is 0. The smallest absolute Gasteiger partial charge is 0.465 e. The second kappa shape index (κ2) is 5.86. The fraction of sp³-hybridized carbons (Fsp3) is 0.125. The Hall–Kier alpha value is -0.763. The fourth-order valence-electron chi connectivity index (χ4n) is 0.891. The predicted octanol–water partition coefficient (Wildman–Crippen LogP) is -1.85. The number of methoxy groups -OCH3 is 1. The van der Waals surface area contributed by atoms with Crippen molar-refractivity contribution in [3.8, 4) is 0 Å². The van der Waals surface area contributed by atoms with Crippen molar-refractivity contribution >= 4 is 16.7 Å². The van der Waals surface area contributed by atoms with Gasteiger partial charge in [-0.15, -0.1) is 0 Å². The fourth-order valence-corrected chi connectivity index (χ4v) is 1.41. The van der Waals surface area contributed by atoms with Gasteiger partial charge in [0.1, 0.15) is 0 Å². The maximum Gasteiger partial charge on any atom is 1.00 e. The van der Waals surface area contributed by atoms with Crippen molar-refractivity contribution in [2.45, 2.75) is 4.90 Å². The van der Waals surface area contributed by atoms with Gasteiger partial charge in [-0.1, -0.05) is 23.1 Å². The quantitative estimate of drug-likeness (QED) is 0.323. The molecule has 0 aliphatic rings. The Balaban J connectivity index is 0.00000169. The third kappa shape index (κ3) is 2.88. The van der Waals surface area contributed by atoms with E-state index in [1.165, 1.54) is 25.3 Å². The van der Waals surface area contributed by atoms with E-state index >= 15 is 0 Å². The summed E-state index contributed by atoms with van der Waals surface area (Å²) >= 11 is 0. The molecule has 4 nitrogen and oxygen atoms in total. The largest absolute Gasteiger partial charge is 1.00 e. The van der Waals surface area contributed by atoms with E-state index in [1.807, 2.05) is 0 Å². The Morgan fingerprint density at radius 3 is 2.36 bits per heavy atom. The van der Waals surface area contributed by atoms with E-state index in [0.29, 0.717) is 0 Å². The van der Waals surface area contributed by atoms with E-state index in [4.69, 9.17) is 0 Å². The molecule has 0 radical (unpaired) electrons. The third-order valence-corrected chi connectivity index (χ3v) is 2.19. The van der Waals surface area contributed by atoms with Gasteiger partial charge in [-0.3, -0.25) is 0 Å². The summed E-state index contributed by atoms with van der Waals surface area (Å²) in [5.74, 6) is -0.653. The summed E-state index contributed by atoms with van der Waals surface area (Å²) < 4.78 is 25.7. The number of benzene rings is 1. The Morgan fingerprint density at radius 2 is 1.86 bits per heavy atom. The Bertz CT molecular complexity index is 392. The van der Waals surface area contributed by atoms with E-state index in [0.717, 1.165) is 0 Å². The van der Waals surface area contributed by atoms with Gasteiger partial charge in [0, 0.05) is 5.56 Å². The topological polar surface area (TPSA) is 60.4 Å². The molecule has 0 saturated heterocycles. The van der Waals surface area contributed by atoms with Crippen LogP contribution >= 0.6 is 0 Å². The number of hydrogen-bond acceptors (Lipinski definition) is 5. The van der Waals surface area contributed by atoms with Crippen LogP contribution < -0.4 is 18.9 Å². The second-order valence-electron chi connectivity index (χ2n) is 2.22. The first-order valence-corrected chi connectivity index (χ1v) is 4.51. The van der Waals surface area contributed by atoms with Crippen molar-refractivity contribution in [1.82, 2.24) is 0 Å². The van der Waals surface area contributed by atoms with Crippen LogP contribution in [0.5, 0.6) is 0 Å². The summed E-state index contributed by atoms with van der Waals surface area (Å²) in [5, 5.41) is 0. The summed E-state index contributed by atoms with van der Waals surface area (Å²) in [4.78, 5) is 11.0. The van der Waals surface area contributed by atoms with Gasteiger partial charge >= 0.3 is 24.8 Å². The van der Waals surface area contributed by atoms with Crippen molar-refractivity contribution < 1.29 is 36.8 Å². The summed E-state index contributed by atoms with van der Waals surface area (Å²) in [6.07, 6.45) is 0. The van der Waals surface area contributed by atoms with Crippen LogP contribution in [0.4, 0.5) is 0 Å². The average Bonchev–Trinajstić information content (AvgIpc) is 2.16. The summed E-state index contributed by atoms with van der Waals surface area (Å²) in [7, 11) is -1.21. The van der Waals surface area contributed by atoms with Gasteiger partial charge in [-0.05, 0) is 16.8 Å². The summed E-state index contributed by atoms with van der Waals surface area (Å²) in [6, 6.07) is 5.85. The monoisotopic (exact) mass is 206 g/mol. The van der Waals surface area contributed by atoms with E-state index in [1.54, 1.807) is 6.07 Å². The molecule has 6 heteroatoms. The molecule has 0 aliphatic heterocycles. The molecule has 0 unspecified atom stereocenters. The maximum absolute atomic E-state index is 11.0. The van der Waals surface area contributed by atoms with Crippen LogP contribution in [-0.2, 0) is 23.9 Å². The van der Waals surface area contributed by atoms with Crippen molar-refractivity contribution in [3.05, 3.63) is 29.8 Å². The molecule has 0 saturated carbocycles. The minimum Gasteiger partial charge on any atom is -0.465 e. The van der Waals surface area contributed by atoms with Crippen molar-refractivity contribution in [2.24, 2.45) is 0 Å². The van der Waals surface area contributed by atoms with Crippen molar-refractivity contribution in [1.29, 1.82) is 0 Å². The molecule has 0 fully saturated rings. The van der Waals surface area contributed by atoms with Gasteiger partial charge in [-0.25, -0.2) is 4.79 Å². The zero-order chi connectivity index (χ0) is 9.84. The second-order valence-corrected chi connectivity index (χ2v) is 3.13. The molecule has 0 spiro atoms. The first kappa shape index (κ1) is 13.2. The van der Waals surface area contributed by atoms with E-state index < -0.39 is 16.7 Å². The summed E-state index contributed by atoms with van der Waals surface area (Å²) in [6.45, 7) is 0. The standard InChI is InChI=1S/C8H7O4S.Li/c1-12-8(9)6-4-2-3-5-7(6)13(10)11;/h2-5H,1H3;/q-1;+1. The molecule has 1 aromatic rings. The number of rotatable bonds is 2. The van der Waals surface area contributed by atoms with Crippen LogP contribution in [-0.4, -0.2) is 13.1 Å². The first-order valence-electron chi connectivity index (χ1n) is 3.43. The minimum absolute atomic E-state index is 0. The molecule has 0 atom stereocenters. The Kier molecular flexibility index (Phi) is 5.54. The van der Waals surface area contributed by atoms with Gasteiger partial charge in [-0.2, -0.15) is 0 Å². The number of esters is 1. The van der Waals surface area contributed by atoms with Crippen LogP contribution in [0.15, 0.2) is 29.2 Å². The SMILES string of the molecule is COC(=O)c1ccccc1[S-](=O)=O.[Li+]. The van der Waals surface area contributed by atoms with Crippen LogP contribution in [0.25, 0.3) is 0 Å². The van der Waals surface area contributed by atoms with Gasteiger partial charge in [0.2, 0.25) is 0 Å². The van der Waals surface area contributed by atoms with Crippen LogP contribution in [0.2, 0.25) is 0 Å². The van der Waals surface area contributed by atoms with Gasteiger partial charge in [0.15, 0.2) is 0 Å². The Labute approximate surface area is 95.4 Å². The zero-order valence-electron chi connectivity index (χ0n) is 7.85. The number of ether oxygens (including phenoxy) is 1. The molecule has 0 N–H and O–H groups in total. The third-order valence-electron chi connectivity index (χ3n) is 1.47. The molecule has 0 aliphatic carbocycles. The van der Waals surface area contributed by atoms with Crippen molar-refractivity contribution in [3.63, 3.8) is 0 Å². The molecule has 0 amide bonds. The normalized spacial score (nSPS) is 9.29. The van der Waals surface area contributed by atoms with Crippen LogP contribution in [0.1, 0.15) is 10.4 Å². The molecule has 0 heterocycles. The van der Waals surface area contributed by atoms with Crippen LogP contribution in [0.3, 0.4) is 0 Å². The number of carbonyl (C=O) groups excluding carboxylic acids is 1. The van der Waals surface area contributed by atoms with Gasteiger partial charge < -0.3 is 13.2 Å². The average molecular weight is 206 g/mol. The maximum atomic E-state index is 11.0. The predicted molar refractivity (Wildman–Crippen MR) is 44.8 cm³/mol. The molecule has 14 heavy (non-hydrogen) atoms. The molecule has 0 bridgehead atoms. The number of carbonyl (C=O) groups is 1. The molecule has 1 rings (SSSR count). The van der Waals surface area contributed by atoms with E-state index in [2.05, 4.69) is 4.74 Å². The van der Waals surface area contributed by atoms with Crippen molar-refractivity contribution in [2.75, 3.05) is 7.11 Å². The molecular weight excluding hydrogens is 199 g/mol. The molecule has 70 valence electrons. The molecular formula is C8H7LiO4S. The molecule has 0 aromatic heterocycles.